The van der Waals surface area contributed by atoms with Crippen molar-refractivity contribution in [3.8, 4) is 0 Å². The molecule has 8 heteroatoms. The van der Waals surface area contributed by atoms with Gasteiger partial charge >= 0.3 is 0 Å². The Morgan fingerprint density at radius 1 is 1.29 bits per heavy atom. The summed E-state index contributed by atoms with van der Waals surface area (Å²) >= 11 is 3.23. The van der Waals surface area contributed by atoms with E-state index in [0.29, 0.717) is 35.2 Å². The summed E-state index contributed by atoms with van der Waals surface area (Å²) in [6.07, 6.45) is 3.49. The molecule has 0 saturated carbocycles. The Bertz CT molecular complexity index is 994. The number of nitrogens with zero attached hydrogens (tertiary/aromatic N) is 3. The number of furan rings is 1. The lowest BCUT2D eigenvalue weighted by molar-refractivity contribution is 0.0672. The topological polar surface area (TPSA) is 71.3 Å². The van der Waals surface area contributed by atoms with Crippen LogP contribution in [0.5, 0.6) is 0 Å². The minimum atomic E-state index is -0.327. The molecule has 1 aliphatic heterocycles. The van der Waals surface area contributed by atoms with Crippen LogP contribution in [0.15, 0.2) is 57.7 Å². The molecule has 0 radical (unpaired) electrons. The molecule has 1 fully saturated rings. The quantitative estimate of drug-likeness (QED) is 0.629. The lowest BCUT2D eigenvalue weighted by Gasteiger charge is -2.32. The molecule has 1 N–H and O–H groups in total. The maximum Gasteiger partial charge on any atom is 0.289 e. The molecule has 1 atom stereocenters. The van der Waals surface area contributed by atoms with Gasteiger partial charge in [0.25, 0.3) is 5.91 Å². The van der Waals surface area contributed by atoms with Crippen molar-refractivity contribution in [3.05, 3.63) is 70.6 Å². The van der Waals surface area contributed by atoms with Gasteiger partial charge in [-0.2, -0.15) is 0 Å². The number of hydrogen-bond donors (Lipinski definition) is 1. The van der Waals surface area contributed by atoms with Gasteiger partial charge in [-0.05, 0) is 65.2 Å². The smallest absolute Gasteiger partial charge is 0.289 e. The lowest BCUT2D eigenvalue weighted by Crippen LogP contribution is -2.39. The number of halogens is 2. The maximum atomic E-state index is 13.4. The number of hydrogen-bond acceptors (Lipinski definition) is 5. The van der Waals surface area contributed by atoms with Crippen LogP contribution in [0.3, 0.4) is 0 Å². The van der Waals surface area contributed by atoms with E-state index >= 15 is 0 Å². The van der Waals surface area contributed by atoms with Crippen LogP contribution >= 0.6 is 15.9 Å². The minimum absolute atomic E-state index is 0.104. The second-order valence-corrected chi connectivity index (χ2v) is 7.42. The number of piperidine rings is 1. The Morgan fingerprint density at radius 3 is 2.96 bits per heavy atom. The van der Waals surface area contributed by atoms with E-state index in [0.717, 1.165) is 18.5 Å². The van der Waals surface area contributed by atoms with Crippen LogP contribution in [-0.2, 0) is 0 Å². The van der Waals surface area contributed by atoms with Crippen molar-refractivity contribution >= 4 is 33.5 Å². The molecule has 0 aliphatic carbocycles. The van der Waals surface area contributed by atoms with Gasteiger partial charge in [0.1, 0.15) is 5.82 Å². The van der Waals surface area contributed by atoms with Crippen molar-refractivity contribution in [2.24, 2.45) is 0 Å². The molecule has 0 spiro atoms. The molecular weight excluding hydrogens is 427 g/mol. The van der Waals surface area contributed by atoms with Gasteiger partial charge in [-0.15, -0.1) is 0 Å². The van der Waals surface area contributed by atoms with Crippen molar-refractivity contribution in [1.82, 2.24) is 14.9 Å². The summed E-state index contributed by atoms with van der Waals surface area (Å²) < 4.78 is 19.3. The third kappa shape index (κ3) is 4.22. The van der Waals surface area contributed by atoms with Crippen molar-refractivity contribution in [3.63, 3.8) is 0 Å². The summed E-state index contributed by atoms with van der Waals surface area (Å²) in [7, 11) is 0. The molecule has 2 aromatic heterocycles. The number of rotatable bonds is 4. The van der Waals surface area contributed by atoms with Gasteiger partial charge in [-0.1, -0.05) is 6.07 Å². The molecule has 1 aliphatic rings. The van der Waals surface area contributed by atoms with E-state index in [1.807, 2.05) is 6.07 Å². The van der Waals surface area contributed by atoms with Gasteiger partial charge in [0.15, 0.2) is 10.4 Å². The zero-order valence-electron chi connectivity index (χ0n) is 14.9. The molecule has 1 saturated heterocycles. The SMILES string of the molecule is O=C(c1ccc(Br)o1)N1CCCC(c2ccnc(Nc3cccc(F)c3)n2)C1. The number of amides is 1. The van der Waals surface area contributed by atoms with E-state index in [1.54, 1.807) is 35.4 Å². The number of aromatic nitrogens is 2. The molecule has 0 bridgehead atoms. The first kappa shape index (κ1) is 18.6. The Labute approximate surface area is 169 Å². The Hall–Kier alpha value is -2.74. The van der Waals surface area contributed by atoms with Crippen LogP contribution in [0.1, 0.15) is 35.0 Å². The molecule has 1 unspecified atom stereocenters. The van der Waals surface area contributed by atoms with E-state index in [4.69, 9.17) is 4.42 Å². The summed E-state index contributed by atoms with van der Waals surface area (Å²) in [5.41, 5.74) is 1.44. The Balaban J connectivity index is 1.48. The highest BCUT2D eigenvalue weighted by Gasteiger charge is 2.28. The van der Waals surface area contributed by atoms with Crippen LogP contribution in [0.2, 0.25) is 0 Å². The van der Waals surface area contributed by atoms with Gasteiger partial charge in [-0.3, -0.25) is 4.79 Å². The highest BCUT2D eigenvalue weighted by Crippen LogP contribution is 2.28. The second-order valence-electron chi connectivity index (χ2n) is 6.63. The van der Waals surface area contributed by atoms with Gasteiger partial charge in [0, 0.05) is 30.9 Å². The van der Waals surface area contributed by atoms with E-state index < -0.39 is 0 Å². The fourth-order valence-electron chi connectivity index (χ4n) is 3.34. The summed E-state index contributed by atoms with van der Waals surface area (Å²) in [6.45, 7) is 1.25. The van der Waals surface area contributed by atoms with Crippen molar-refractivity contribution in [1.29, 1.82) is 0 Å². The fraction of sp³-hybridized carbons (Fsp3) is 0.250. The molecule has 1 amide bonds. The summed E-state index contributed by atoms with van der Waals surface area (Å²) in [5, 5.41) is 3.02. The first-order valence-electron chi connectivity index (χ1n) is 8.98. The van der Waals surface area contributed by atoms with Gasteiger partial charge in [0.2, 0.25) is 5.95 Å². The average Bonchev–Trinajstić information content (AvgIpc) is 3.14. The Kier molecular flexibility index (Phi) is 5.38. The molecular formula is C20H18BrFN4O2. The summed E-state index contributed by atoms with van der Waals surface area (Å²) in [5.74, 6) is 0.382. The number of likely N-dealkylation sites (tertiary alicyclic amines) is 1. The predicted molar refractivity (Wildman–Crippen MR) is 106 cm³/mol. The van der Waals surface area contributed by atoms with Crippen molar-refractivity contribution < 1.29 is 13.6 Å². The van der Waals surface area contributed by atoms with E-state index in [1.165, 1.54) is 12.1 Å². The first-order valence-corrected chi connectivity index (χ1v) is 9.78. The first-order chi connectivity index (χ1) is 13.6. The highest BCUT2D eigenvalue weighted by atomic mass is 79.9. The fourth-order valence-corrected chi connectivity index (χ4v) is 3.65. The number of benzene rings is 1. The second kappa shape index (κ2) is 8.10. The van der Waals surface area contributed by atoms with Crippen LogP contribution < -0.4 is 5.32 Å². The van der Waals surface area contributed by atoms with E-state index in [9.17, 15) is 9.18 Å². The van der Waals surface area contributed by atoms with Crippen molar-refractivity contribution in [2.45, 2.75) is 18.8 Å². The van der Waals surface area contributed by atoms with Gasteiger partial charge in [-0.25, -0.2) is 14.4 Å². The molecule has 28 heavy (non-hydrogen) atoms. The van der Waals surface area contributed by atoms with Crippen LogP contribution in [0, 0.1) is 5.82 Å². The zero-order chi connectivity index (χ0) is 19.5. The van der Waals surface area contributed by atoms with Crippen molar-refractivity contribution in [2.75, 3.05) is 18.4 Å². The number of carbonyl (C=O) groups excluding carboxylic acids is 1. The average molecular weight is 445 g/mol. The highest BCUT2D eigenvalue weighted by molar-refractivity contribution is 9.10. The van der Waals surface area contributed by atoms with Crippen LogP contribution in [0.4, 0.5) is 16.0 Å². The minimum Gasteiger partial charge on any atom is -0.444 e. The monoisotopic (exact) mass is 444 g/mol. The lowest BCUT2D eigenvalue weighted by atomic mass is 9.94. The molecule has 3 aromatic rings. The molecule has 144 valence electrons. The molecule has 6 nitrogen and oxygen atoms in total. The van der Waals surface area contributed by atoms with Gasteiger partial charge in [0.05, 0.1) is 5.69 Å². The molecule has 1 aromatic carbocycles. The normalized spacial score (nSPS) is 16.8. The molecule has 3 heterocycles. The van der Waals surface area contributed by atoms with Crippen LogP contribution in [-0.4, -0.2) is 33.9 Å². The van der Waals surface area contributed by atoms with E-state index in [-0.39, 0.29) is 17.6 Å². The largest absolute Gasteiger partial charge is 0.444 e. The standard InChI is InChI=1S/C20H18BrFN4O2/c21-18-7-6-17(28-18)19(27)26-10-2-3-13(12-26)16-8-9-23-20(25-16)24-15-5-1-4-14(22)11-15/h1,4-9,11,13H,2-3,10,12H2,(H,23,24,25). The summed E-state index contributed by atoms with van der Waals surface area (Å²) in [6, 6.07) is 11.4. The predicted octanol–water partition coefficient (Wildman–Crippen LogP) is 4.73. The van der Waals surface area contributed by atoms with E-state index in [2.05, 4.69) is 31.2 Å². The maximum absolute atomic E-state index is 13.4. The number of carbonyl (C=O) groups is 1. The Morgan fingerprint density at radius 2 is 2.18 bits per heavy atom. The third-order valence-corrected chi connectivity index (χ3v) is 5.09. The summed E-state index contributed by atoms with van der Waals surface area (Å²) in [4.78, 5) is 23.3. The van der Waals surface area contributed by atoms with Crippen LogP contribution in [0.25, 0.3) is 0 Å². The third-order valence-electron chi connectivity index (χ3n) is 4.67. The zero-order valence-corrected chi connectivity index (χ0v) is 16.5. The molecule has 4 rings (SSSR count). The number of nitrogens with one attached hydrogen (secondary N) is 1. The number of anilines is 2. The van der Waals surface area contributed by atoms with Gasteiger partial charge < -0.3 is 14.6 Å².